The molecule has 106 valence electrons. The molecule has 0 amide bonds. The highest BCUT2D eigenvalue weighted by Gasteiger charge is 2.41. The molecule has 2 aliphatic rings. The fourth-order valence-corrected chi connectivity index (χ4v) is 3.81. The Labute approximate surface area is 118 Å². The van der Waals surface area contributed by atoms with Gasteiger partial charge >= 0.3 is 0 Å². The maximum absolute atomic E-state index is 6.05. The maximum Gasteiger partial charge on any atom is 0.229 e. The van der Waals surface area contributed by atoms with E-state index in [-0.39, 0.29) is 0 Å². The summed E-state index contributed by atoms with van der Waals surface area (Å²) in [6, 6.07) is 0. The molecule has 4 rings (SSSR count). The minimum atomic E-state index is 0.513. The Morgan fingerprint density at radius 3 is 2.80 bits per heavy atom. The first-order valence-electron chi connectivity index (χ1n) is 7.37. The Bertz CT molecular complexity index is 655. The van der Waals surface area contributed by atoms with E-state index in [2.05, 4.69) is 20.0 Å². The number of nitrogen functional groups attached to an aromatic ring is 1. The summed E-state index contributed by atoms with van der Waals surface area (Å²) in [7, 11) is 1.89. The molecular formula is C14H20N6. The number of aryl methyl sites for hydroxylation is 1. The van der Waals surface area contributed by atoms with Gasteiger partial charge in [-0.3, -0.25) is 4.68 Å². The van der Waals surface area contributed by atoms with Crippen molar-refractivity contribution in [3.63, 3.8) is 0 Å². The molecule has 2 aromatic heterocycles. The van der Waals surface area contributed by atoms with Crippen LogP contribution in [0.3, 0.4) is 0 Å². The highest BCUT2D eigenvalue weighted by molar-refractivity contribution is 5.86. The normalized spacial score (nSPS) is 21.4. The number of aromatic nitrogens is 4. The predicted molar refractivity (Wildman–Crippen MR) is 78.4 cm³/mol. The van der Waals surface area contributed by atoms with Crippen molar-refractivity contribution in [2.24, 2.45) is 12.5 Å². The third-order valence-corrected chi connectivity index (χ3v) is 5.00. The zero-order chi connectivity index (χ0) is 13.7. The van der Waals surface area contributed by atoms with Crippen LogP contribution in [0, 0.1) is 5.41 Å². The monoisotopic (exact) mass is 272 g/mol. The second kappa shape index (κ2) is 4.07. The van der Waals surface area contributed by atoms with Crippen LogP contribution in [0.15, 0.2) is 6.20 Å². The van der Waals surface area contributed by atoms with Crippen LogP contribution in [0.5, 0.6) is 0 Å². The van der Waals surface area contributed by atoms with Crippen LogP contribution < -0.4 is 10.6 Å². The second-order valence-corrected chi connectivity index (χ2v) is 6.29. The van der Waals surface area contributed by atoms with Gasteiger partial charge in [0.25, 0.3) is 0 Å². The van der Waals surface area contributed by atoms with Gasteiger partial charge in [-0.2, -0.15) is 15.1 Å². The van der Waals surface area contributed by atoms with Crippen LogP contribution in [-0.4, -0.2) is 32.8 Å². The van der Waals surface area contributed by atoms with Gasteiger partial charge in [-0.1, -0.05) is 12.8 Å². The van der Waals surface area contributed by atoms with E-state index in [0.29, 0.717) is 11.2 Å². The molecule has 1 aliphatic heterocycles. The van der Waals surface area contributed by atoms with Crippen LogP contribution in [0.1, 0.15) is 32.1 Å². The molecule has 0 aromatic carbocycles. The van der Waals surface area contributed by atoms with E-state index in [1.807, 2.05) is 7.05 Å². The lowest BCUT2D eigenvalue weighted by Gasteiger charge is -2.23. The molecule has 2 aromatic rings. The summed E-state index contributed by atoms with van der Waals surface area (Å²) < 4.78 is 1.76. The Morgan fingerprint density at radius 1 is 1.20 bits per heavy atom. The van der Waals surface area contributed by atoms with E-state index in [0.717, 1.165) is 30.1 Å². The van der Waals surface area contributed by atoms with Crippen LogP contribution in [-0.2, 0) is 7.05 Å². The highest BCUT2D eigenvalue weighted by atomic mass is 15.3. The van der Waals surface area contributed by atoms with Crippen molar-refractivity contribution < 1.29 is 0 Å². The fourth-order valence-electron chi connectivity index (χ4n) is 3.81. The van der Waals surface area contributed by atoms with Gasteiger partial charge in [-0.05, 0) is 24.7 Å². The number of nitrogens with two attached hydrogens (primary N) is 1. The SMILES string of the molecule is Cn1ncc2c(N)nc(N3CCC4(CCCC4)C3)nc21. The van der Waals surface area contributed by atoms with E-state index in [4.69, 9.17) is 5.73 Å². The van der Waals surface area contributed by atoms with Gasteiger partial charge in [0.2, 0.25) is 5.95 Å². The van der Waals surface area contributed by atoms with Crippen molar-refractivity contribution >= 4 is 22.8 Å². The number of nitrogens with zero attached hydrogens (tertiary/aromatic N) is 5. The number of hydrogen-bond acceptors (Lipinski definition) is 5. The van der Waals surface area contributed by atoms with Crippen LogP contribution in [0.25, 0.3) is 11.0 Å². The Morgan fingerprint density at radius 2 is 2.00 bits per heavy atom. The van der Waals surface area contributed by atoms with Gasteiger partial charge in [0, 0.05) is 20.1 Å². The molecule has 1 saturated heterocycles. The first kappa shape index (κ1) is 11.9. The summed E-state index contributed by atoms with van der Waals surface area (Å²) in [5, 5.41) is 5.05. The molecule has 6 nitrogen and oxygen atoms in total. The predicted octanol–water partition coefficient (Wildman–Crippen LogP) is 1.72. The summed E-state index contributed by atoms with van der Waals surface area (Å²) in [6.45, 7) is 2.12. The molecule has 0 radical (unpaired) electrons. The smallest absolute Gasteiger partial charge is 0.229 e. The van der Waals surface area contributed by atoms with E-state index in [1.165, 1.54) is 32.1 Å². The Kier molecular flexibility index (Phi) is 2.43. The molecule has 0 unspecified atom stereocenters. The fraction of sp³-hybridized carbons (Fsp3) is 0.643. The minimum absolute atomic E-state index is 0.513. The zero-order valence-corrected chi connectivity index (χ0v) is 11.8. The Hall–Kier alpha value is -1.85. The lowest BCUT2D eigenvalue weighted by atomic mass is 9.86. The minimum Gasteiger partial charge on any atom is -0.383 e. The third kappa shape index (κ3) is 1.67. The summed E-state index contributed by atoms with van der Waals surface area (Å²) in [6.07, 6.45) is 8.45. The molecule has 2 N–H and O–H groups in total. The molecule has 1 spiro atoms. The summed E-state index contributed by atoms with van der Waals surface area (Å²) in [5.74, 6) is 1.30. The molecule has 3 heterocycles. The van der Waals surface area contributed by atoms with Crippen molar-refractivity contribution in [1.29, 1.82) is 0 Å². The van der Waals surface area contributed by atoms with Gasteiger partial charge in [0.1, 0.15) is 5.82 Å². The molecule has 1 saturated carbocycles. The summed E-state index contributed by atoms with van der Waals surface area (Å²) in [5.41, 5.74) is 7.38. The molecule has 6 heteroatoms. The summed E-state index contributed by atoms with van der Waals surface area (Å²) in [4.78, 5) is 11.5. The number of rotatable bonds is 1. The van der Waals surface area contributed by atoms with Gasteiger partial charge < -0.3 is 10.6 Å². The van der Waals surface area contributed by atoms with Gasteiger partial charge in [0.05, 0.1) is 11.6 Å². The molecular weight excluding hydrogens is 252 g/mol. The van der Waals surface area contributed by atoms with Crippen molar-refractivity contribution in [3.05, 3.63) is 6.20 Å². The lowest BCUT2D eigenvalue weighted by Crippen LogP contribution is -2.26. The van der Waals surface area contributed by atoms with Gasteiger partial charge in [-0.15, -0.1) is 0 Å². The second-order valence-electron chi connectivity index (χ2n) is 6.29. The highest BCUT2D eigenvalue weighted by Crippen LogP contribution is 2.46. The average Bonchev–Trinajstić information content (AvgIpc) is 3.14. The number of fused-ring (bicyclic) bond motifs is 1. The van der Waals surface area contributed by atoms with Crippen molar-refractivity contribution in [2.75, 3.05) is 23.7 Å². The topological polar surface area (TPSA) is 72.9 Å². The Balaban J connectivity index is 1.70. The standard InChI is InChI=1S/C14H20N6/c1-19-12-10(8-16-19)11(15)17-13(18-12)20-7-6-14(9-20)4-2-3-5-14/h8H,2-7,9H2,1H3,(H2,15,17,18). The van der Waals surface area contributed by atoms with Gasteiger partial charge in [0.15, 0.2) is 5.65 Å². The maximum atomic E-state index is 6.05. The van der Waals surface area contributed by atoms with Crippen LogP contribution >= 0.6 is 0 Å². The third-order valence-electron chi connectivity index (χ3n) is 5.00. The number of hydrogen-bond donors (Lipinski definition) is 1. The van der Waals surface area contributed by atoms with Gasteiger partial charge in [-0.25, -0.2) is 0 Å². The molecule has 0 atom stereocenters. The van der Waals surface area contributed by atoms with Crippen LogP contribution in [0.2, 0.25) is 0 Å². The first-order valence-corrected chi connectivity index (χ1v) is 7.37. The van der Waals surface area contributed by atoms with Crippen molar-refractivity contribution in [1.82, 2.24) is 19.7 Å². The molecule has 0 bridgehead atoms. The first-order chi connectivity index (χ1) is 9.67. The zero-order valence-electron chi connectivity index (χ0n) is 11.8. The van der Waals surface area contributed by atoms with Crippen molar-refractivity contribution in [2.45, 2.75) is 32.1 Å². The molecule has 20 heavy (non-hydrogen) atoms. The van der Waals surface area contributed by atoms with E-state index in [1.54, 1.807) is 10.9 Å². The molecule has 1 aliphatic carbocycles. The average molecular weight is 272 g/mol. The van der Waals surface area contributed by atoms with E-state index < -0.39 is 0 Å². The van der Waals surface area contributed by atoms with Crippen LogP contribution in [0.4, 0.5) is 11.8 Å². The summed E-state index contributed by atoms with van der Waals surface area (Å²) >= 11 is 0. The van der Waals surface area contributed by atoms with Crippen molar-refractivity contribution in [3.8, 4) is 0 Å². The van der Waals surface area contributed by atoms with E-state index in [9.17, 15) is 0 Å². The quantitative estimate of drug-likeness (QED) is 0.855. The number of anilines is 2. The largest absolute Gasteiger partial charge is 0.383 e. The molecule has 2 fully saturated rings. The lowest BCUT2D eigenvalue weighted by molar-refractivity contribution is 0.340. The van der Waals surface area contributed by atoms with E-state index >= 15 is 0 Å².